The minimum absolute atomic E-state index is 0.125. The highest BCUT2D eigenvalue weighted by molar-refractivity contribution is 5.78. The second kappa shape index (κ2) is 8.27. The third kappa shape index (κ3) is 4.58. The van der Waals surface area contributed by atoms with Gasteiger partial charge in [0.05, 0.1) is 12.6 Å². The molecular formula is C18H31N5O2. The van der Waals surface area contributed by atoms with Crippen LogP contribution in [0.15, 0.2) is 4.52 Å². The van der Waals surface area contributed by atoms with Crippen LogP contribution in [0.4, 0.5) is 0 Å². The summed E-state index contributed by atoms with van der Waals surface area (Å²) in [5, 5.41) is 4.06. The molecule has 7 nitrogen and oxygen atoms in total. The van der Waals surface area contributed by atoms with Crippen LogP contribution in [0.25, 0.3) is 0 Å². The SMILES string of the molecule is CC(C)c1noc(C(C)N2CCN(CC(=O)N3CCCCC3)CC2)n1. The maximum atomic E-state index is 12.4. The Labute approximate surface area is 150 Å². The van der Waals surface area contributed by atoms with E-state index in [1.54, 1.807) is 0 Å². The third-order valence-electron chi connectivity index (χ3n) is 5.35. The van der Waals surface area contributed by atoms with Crippen molar-refractivity contribution in [3.8, 4) is 0 Å². The molecule has 0 aromatic carbocycles. The predicted octanol–water partition coefficient (Wildman–Crippen LogP) is 1.88. The molecule has 1 atom stereocenters. The summed E-state index contributed by atoms with van der Waals surface area (Å²) in [5.74, 6) is 2.04. The van der Waals surface area contributed by atoms with Gasteiger partial charge in [-0.15, -0.1) is 0 Å². The molecule has 2 fully saturated rings. The molecule has 25 heavy (non-hydrogen) atoms. The lowest BCUT2D eigenvalue weighted by atomic mass is 10.1. The smallest absolute Gasteiger partial charge is 0.243 e. The molecule has 7 heteroatoms. The van der Waals surface area contributed by atoms with Crippen molar-refractivity contribution >= 4 is 5.91 Å². The lowest BCUT2D eigenvalue weighted by Gasteiger charge is -2.37. The molecule has 0 spiro atoms. The first kappa shape index (κ1) is 18.3. The number of aromatic nitrogens is 2. The van der Waals surface area contributed by atoms with Crippen LogP contribution >= 0.6 is 0 Å². The van der Waals surface area contributed by atoms with Gasteiger partial charge in [0.25, 0.3) is 0 Å². The molecule has 2 aliphatic heterocycles. The zero-order valence-electron chi connectivity index (χ0n) is 15.8. The molecule has 0 radical (unpaired) electrons. The van der Waals surface area contributed by atoms with Crippen LogP contribution in [-0.4, -0.2) is 76.6 Å². The minimum atomic E-state index is 0.125. The van der Waals surface area contributed by atoms with E-state index in [-0.39, 0.29) is 12.0 Å². The number of rotatable bonds is 5. The van der Waals surface area contributed by atoms with Gasteiger partial charge in [0, 0.05) is 45.2 Å². The molecule has 0 aliphatic carbocycles. The Bertz CT molecular complexity index is 560. The number of hydrogen-bond donors (Lipinski definition) is 0. The normalized spacial score (nSPS) is 21.7. The van der Waals surface area contributed by atoms with Gasteiger partial charge in [0.2, 0.25) is 11.8 Å². The van der Waals surface area contributed by atoms with Crippen LogP contribution in [0.2, 0.25) is 0 Å². The van der Waals surface area contributed by atoms with E-state index in [2.05, 4.69) is 40.7 Å². The van der Waals surface area contributed by atoms with Gasteiger partial charge in [0.15, 0.2) is 5.82 Å². The Balaban J connectivity index is 1.46. The number of nitrogens with zero attached hydrogens (tertiary/aromatic N) is 5. The third-order valence-corrected chi connectivity index (χ3v) is 5.35. The molecule has 140 valence electrons. The molecule has 1 aromatic rings. The molecular weight excluding hydrogens is 318 g/mol. The van der Waals surface area contributed by atoms with E-state index in [0.29, 0.717) is 18.3 Å². The van der Waals surface area contributed by atoms with Crippen LogP contribution in [0.1, 0.15) is 63.7 Å². The highest BCUT2D eigenvalue weighted by Gasteiger charge is 2.27. The molecule has 0 saturated carbocycles. The van der Waals surface area contributed by atoms with E-state index < -0.39 is 0 Å². The van der Waals surface area contributed by atoms with Gasteiger partial charge in [-0.25, -0.2) is 0 Å². The molecule has 1 aromatic heterocycles. The molecule has 0 N–H and O–H groups in total. The predicted molar refractivity (Wildman–Crippen MR) is 95.2 cm³/mol. The van der Waals surface area contributed by atoms with Gasteiger partial charge in [-0.05, 0) is 26.2 Å². The summed E-state index contributed by atoms with van der Waals surface area (Å²) in [6.45, 7) is 12.4. The van der Waals surface area contributed by atoms with Gasteiger partial charge >= 0.3 is 0 Å². The highest BCUT2D eigenvalue weighted by Crippen LogP contribution is 2.22. The Morgan fingerprint density at radius 2 is 1.72 bits per heavy atom. The largest absolute Gasteiger partial charge is 0.342 e. The monoisotopic (exact) mass is 349 g/mol. The zero-order chi connectivity index (χ0) is 17.8. The van der Waals surface area contributed by atoms with Crippen molar-refractivity contribution in [2.75, 3.05) is 45.8 Å². The average molecular weight is 349 g/mol. The lowest BCUT2D eigenvalue weighted by molar-refractivity contribution is -0.133. The van der Waals surface area contributed by atoms with Crippen LogP contribution in [-0.2, 0) is 4.79 Å². The van der Waals surface area contributed by atoms with Crippen molar-refractivity contribution < 1.29 is 9.32 Å². The first-order chi connectivity index (χ1) is 12.0. The number of carbonyl (C=O) groups excluding carboxylic acids is 1. The Morgan fingerprint density at radius 3 is 2.32 bits per heavy atom. The van der Waals surface area contributed by atoms with E-state index in [0.717, 1.165) is 57.9 Å². The van der Waals surface area contributed by atoms with Crippen molar-refractivity contribution in [3.63, 3.8) is 0 Å². The van der Waals surface area contributed by atoms with E-state index >= 15 is 0 Å². The number of hydrogen-bond acceptors (Lipinski definition) is 6. The standard InChI is InChI=1S/C18H31N5O2/c1-14(2)17-19-18(25-20-17)15(3)22-11-9-21(10-12-22)13-16(24)23-7-5-4-6-8-23/h14-15H,4-13H2,1-3H3. The summed E-state index contributed by atoms with van der Waals surface area (Å²) in [7, 11) is 0. The summed E-state index contributed by atoms with van der Waals surface area (Å²) in [6.07, 6.45) is 3.56. The van der Waals surface area contributed by atoms with E-state index in [4.69, 9.17) is 4.52 Å². The van der Waals surface area contributed by atoms with E-state index in [1.165, 1.54) is 6.42 Å². The van der Waals surface area contributed by atoms with Crippen molar-refractivity contribution in [2.24, 2.45) is 0 Å². The number of carbonyl (C=O) groups is 1. The Kier molecular flexibility index (Phi) is 6.06. The second-order valence-electron chi connectivity index (χ2n) is 7.58. The number of piperidine rings is 1. The summed E-state index contributed by atoms with van der Waals surface area (Å²) < 4.78 is 5.43. The summed E-state index contributed by atoms with van der Waals surface area (Å²) in [5.41, 5.74) is 0. The molecule has 3 rings (SSSR count). The van der Waals surface area contributed by atoms with Gasteiger partial charge in [0.1, 0.15) is 0 Å². The maximum absolute atomic E-state index is 12.4. The molecule has 2 saturated heterocycles. The summed E-state index contributed by atoms with van der Waals surface area (Å²) in [6, 6.07) is 0.125. The van der Waals surface area contributed by atoms with E-state index in [1.807, 2.05) is 4.90 Å². The fraction of sp³-hybridized carbons (Fsp3) is 0.833. The van der Waals surface area contributed by atoms with Crippen molar-refractivity contribution in [2.45, 2.75) is 52.0 Å². The van der Waals surface area contributed by atoms with Crippen LogP contribution in [0.3, 0.4) is 0 Å². The summed E-state index contributed by atoms with van der Waals surface area (Å²) in [4.78, 5) is 23.6. The highest BCUT2D eigenvalue weighted by atomic mass is 16.5. The van der Waals surface area contributed by atoms with E-state index in [9.17, 15) is 4.79 Å². The molecule has 1 unspecified atom stereocenters. The lowest BCUT2D eigenvalue weighted by Crippen LogP contribution is -2.51. The summed E-state index contributed by atoms with van der Waals surface area (Å²) >= 11 is 0. The number of piperazine rings is 1. The Hall–Kier alpha value is -1.47. The topological polar surface area (TPSA) is 65.7 Å². The van der Waals surface area contributed by atoms with Crippen molar-refractivity contribution in [1.29, 1.82) is 0 Å². The Morgan fingerprint density at radius 1 is 1.04 bits per heavy atom. The maximum Gasteiger partial charge on any atom is 0.243 e. The number of amides is 1. The van der Waals surface area contributed by atoms with Gasteiger partial charge in [-0.1, -0.05) is 19.0 Å². The van der Waals surface area contributed by atoms with Crippen LogP contribution < -0.4 is 0 Å². The molecule has 0 bridgehead atoms. The first-order valence-electron chi connectivity index (χ1n) is 9.62. The minimum Gasteiger partial charge on any atom is -0.342 e. The van der Waals surface area contributed by atoms with Gasteiger partial charge < -0.3 is 9.42 Å². The number of likely N-dealkylation sites (tertiary alicyclic amines) is 1. The zero-order valence-corrected chi connectivity index (χ0v) is 15.8. The van der Waals surface area contributed by atoms with Crippen molar-refractivity contribution in [1.82, 2.24) is 24.8 Å². The molecule has 3 heterocycles. The fourth-order valence-electron chi connectivity index (χ4n) is 3.55. The second-order valence-corrected chi connectivity index (χ2v) is 7.58. The van der Waals surface area contributed by atoms with Crippen molar-refractivity contribution in [3.05, 3.63) is 11.7 Å². The van der Waals surface area contributed by atoms with Gasteiger partial charge in [-0.2, -0.15) is 4.98 Å². The fourth-order valence-corrected chi connectivity index (χ4v) is 3.55. The van der Waals surface area contributed by atoms with Crippen LogP contribution in [0, 0.1) is 0 Å². The first-order valence-corrected chi connectivity index (χ1v) is 9.62. The van der Waals surface area contributed by atoms with Crippen LogP contribution in [0.5, 0.6) is 0 Å². The quantitative estimate of drug-likeness (QED) is 0.809. The molecule has 1 amide bonds. The van der Waals surface area contributed by atoms with Gasteiger partial charge in [-0.3, -0.25) is 14.6 Å². The molecule has 2 aliphatic rings. The average Bonchev–Trinajstić information content (AvgIpc) is 3.13.